The van der Waals surface area contributed by atoms with Gasteiger partial charge in [0.1, 0.15) is 0 Å². The minimum absolute atomic E-state index is 0. The fourth-order valence-electron chi connectivity index (χ4n) is 0. The van der Waals surface area contributed by atoms with Gasteiger partial charge in [-0.05, 0) is 0 Å². The van der Waals surface area contributed by atoms with E-state index in [2.05, 4.69) is 0 Å². The van der Waals surface area contributed by atoms with Crippen molar-refractivity contribution in [2.24, 2.45) is 0 Å². The summed E-state index contributed by atoms with van der Waals surface area (Å²) in [6.45, 7) is 0. The third-order valence-electron chi connectivity index (χ3n) is 0.122. The van der Waals surface area contributed by atoms with Crippen molar-refractivity contribution in [3.8, 4) is 5.81 Å². The topological polar surface area (TPSA) is 87.0 Å². The Bertz CT molecular complexity index is 124. The summed E-state index contributed by atoms with van der Waals surface area (Å²) in [5, 5.41) is 7.26. The molecule has 8 heavy (non-hydrogen) atoms. The predicted molar refractivity (Wildman–Crippen MR) is 13.2 cm³/mol. The summed E-state index contributed by atoms with van der Waals surface area (Å²) >= 11 is 0. The van der Waals surface area contributed by atoms with Gasteiger partial charge in [0, 0.05) is 7.60 Å². The molecule has 0 N–H and O–H groups in total. The van der Waals surface area contributed by atoms with Gasteiger partial charge in [0.25, 0.3) is 0 Å². The Morgan fingerprint density at radius 1 is 1.38 bits per heavy atom. The molecule has 0 rings (SSSR count). The molecule has 7 heteroatoms. The third-order valence-corrected chi connectivity index (χ3v) is 0.367. The van der Waals surface area contributed by atoms with Gasteiger partial charge >= 0.3 is 37.7 Å². The van der Waals surface area contributed by atoms with Gasteiger partial charge in [-0.2, -0.15) is 5.26 Å². The molecule has 0 aliphatic rings. The summed E-state index contributed by atoms with van der Waals surface area (Å²) in [4.78, 5) is 18.2. The van der Waals surface area contributed by atoms with Crippen molar-refractivity contribution >= 4 is 7.60 Å². The molecule has 0 aliphatic heterocycles. The van der Waals surface area contributed by atoms with Crippen LogP contribution in [-0.2, 0) is 4.57 Å². The van der Waals surface area contributed by atoms with Crippen LogP contribution in [0.4, 0.5) is 0 Å². The summed E-state index contributed by atoms with van der Waals surface area (Å²) in [6, 6.07) is 0. The van der Waals surface area contributed by atoms with Crippen molar-refractivity contribution in [2.45, 2.75) is 0 Å². The van der Waals surface area contributed by atoms with Crippen LogP contribution < -0.4 is 47.5 Å². The molecule has 0 aliphatic carbocycles. The van der Waals surface area contributed by atoms with E-state index in [0.717, 1.165) is 0 Å². The SMILES string of the molecule is N#CP(=O)([O-])[O-].[Li+].[Li+]. The number of nitrogens with zero attached hydrogens (tertiary/aromatic N) is 1. The Morgan fingerprint density at radius 3 is 1.50 bits per heavy atom. The van der Waals surface area contributed by atoms with Crippen LogP contribution in [0.3, 0.4) is 0 Å². The molecular formula is CLi2NO3P. The molecule has 0 amide bonds. The average Bonchev–Trinajstić information content (AvgIpc) is 1.35. The molecule has 0 fully saturated rings. The maximum atomic E-state index is 9.11. The molecule has 4 nitrogen and oxygen atoms in total. The van der Waals surface area contributed by atoms with Crippen molar-refractivity contribution < 1.29 is 52.1 Å². The summed E-state index contributed by atoms with van der Waals surface area (Å²) in [5.74, 6) is 0.549. The largest absolute Gasteiger partial charge is 1.00 e. The van der Waals surface area contributed by atoms with Gasteiger partial charge in [-0.3, -0.25) is 0 Å². The third kappa shape index (κ3) is 15.8. The second kappa shape index (κ2) is 5.96. The minimum atomic E-state index is -4.84. The number of hydrogen-bond donors (Lipinski definition) is 0. The zero-order chi connectivity index (χ0) is 5.21. The summed E-state index contributed by atoms with van der Waals surface area (Å²) in [5.41, 5.74) is 0. The van der Waals surface area contributed by atoms with Gasteiger partial charge in [-0.1, -0.05) is 0 Å². The molecule has 0 aromatic heterocycles. The summed E-state index contributed by atoms with van der Waals surface area (Å²) in [6.07, 6.45) is 0. The number of hydrogen-bond acceptors (Lipinski definition) is 4. The van der Waals surface area contributed by atoms with E-state index in [0.29, 0.717) is 5.81 Å². The molecule has 0 aromatic rings. The second-order valence-corrected chi connectivity index (χ2v) is 1.79. The fourth-order valence-corrected chi connectivity index (χ4v) is 0. The molecule has 0 bridgehead atoms. The molecule has 0 atom stereocenters. The summed E-state index contributed by atoms with van der Waals surface area (Å²) in [7, 11) is -4.84. The van der Waals surface area contributed by atoms with E-state index >= 15 is 0 Å². The molecular weight excluding hydrogens is 119 g/mol. The molecule has 0 radical (unpaired) electrons. The molecule has 34 valence electrons. The standard InChI is InChI=1S/CH2NO3P.2Li/c2-1-6(3,4)5;;/h(H2,3,4,5);;/q;2*+1/p-2. The molecule has 0 unspecified atom stereocenters. The number of rotatable bonds is 0. The second-order valence-electron chi connectivity index (χ2n) is 0.597. The minimum Gasteiger partial charge on any atom is -0.800 e. The van der Waals surface area contributed by atoms with E-state index in [1.165, 1.54) is 0 Å². The Labute approximate surface area is 70.8 Å². The predicted octanol–water partition coefficient (Wildman–Crippen LogP) is -7.61. The van der Waals surface area contributed by atoms with Gasteiger partial charge < -0.3 is 14.4 Å². The van der Waals surface area contributed by atoms with E-state index in [1.54, 1.807) is 0 Å². The molecule has 0 saturated heterocycles. The molecule has 0 spiro atoms. The van der Waals surface area contributed by atoms with Gasteiger partial charge in [-0.15, -0.1) is 0 Å². The van der Waals surface area contributed by atoms with Crippen LogP contribution in [0.25, 0.3) is 0 Å². The quantitative estimate of drug-likeness (QED) is 0.234. The van der Waals surface area contributed by atoms with Crippen molar-refractivity contribution in [1.82, 2.24) is 0 Å². The van der Waals surface area contributed by atoms with Crippen LogP contribution in [0.15, 0.2) is 0 Å². The fraction of sp³-hybridized carbons (Fsp3) is 0. The van der Waals surface area contributed by atoms with Crippen molar-refractivity contribution in [3.05, 3.63) is 0 Å². The normalized spacial score (nSPS) is 7.62. The summed E-state index contributed by atoms with van der Waals surface area (Å²) < 4.78 is 9.11. The monoisotopic (exact) mass is 119 g/mol. The average molecular weight is 119 g/mol. The molecule has 0 saturated carbocycles. The van der Waals surface area contributed by atoms with E-state index in [1.807, 2.05) is 0 Å². The molecule has 0 aromatic carbocycles. The van der Waals surface area contributed by atoms with Gasteiger partial charge in [0.05, 0.1) is 5.81 Å². The Morgan fingerprint density at radius 2 is 1.50 bits per heavy atom. The smallest absolute Gasteiger partial charge is 0.800 e. The maximum Gasteiger partial charge on any atom is 1.00 e. The van der Waals surface area contributed by atoms with Crippen LogP contribution >= 0.6 is 7.60 Å². The first-order valence-corrected chi connectivity index (χ1v) is 2.54. The van der Waals surface area contributed by atoms with Gasteiger partial charge in [0.2, 0.25) is 0 Å². The van der Waals surface area contributed by atoms with Gasteiger partial charge in [-0.25, -0.2) is 0 Å². The zero-order valence-corrected chi connectivity index (χ0v) is 5.51. The van der Waals surface area contributed by atoms with Crippen LogP contribution in [0.1, 0.15) is 0 Å². The van der Waals surface area contributed by atoms with E-state index in [4.69, 9.17) is 19.6 Å². The Hall–Kier alpha value is 0.835. The Kier molecular flexibility index (Phi) is 11.9. The van der Waals surface area contributed by atoms with Crippen LogP contribution in [0.2, 0.25) is 0 Å². The first-order valence-electron chi connectivity index (χ1n) is 0.995. The van der Waals surface area contributed by atoms with E-state index in [9.17, 15) is 0 Å². The van der Waals surface area contributed by atoms with Crippen LogP contribution in [0.5, 0.6) is 0 Å². The van der Waals surface area contributed by atoms with Crippen molar-refractivity contribution in [2.75, 3.05) is 0 Å². The van der Waals surface area contributed by atoms with Crippen molar-refractivity contribution in [1.29, 1.82) is 5.26 Å². The van der Waals surface area contributed by atoms with Crippen molar-refractivity contribution in [3.63, 3.8) is 0 Å². The molecule has 0 heterocycles. The van der Waals surface area contributed by atoms with Crippen LogP contribution in [-0.4, -0.2) is 0 Å². The van der Waals surface area contributed by atoms with E-state index in [-0.39, 0.29) is 37.7 Å². The Balaban J connectivity index is -0.000000125. The maximum absolute atomic E-state index is 9.11. The van der Waals surface area contributed by atoms with Crippen LogP contribution in [0, 0.1) is 11.1 Å². The first kappa shape index (κ1) is 15.9. The zero-order valence-electron chi connectivity index (χ0n) is 4.62. The first-order chi connectivity index (χ1) is 2.56. The van der Waals surface area contributed by atoms with Gasteiger partial charge in [0.15, 0.2) is 0 Å². The van der Waals surface area contributed by atoms with E-state index < -0.39 is 7.60 Å². The number of nitriles is 1.